The molecule has 7 nitrogen and oxygen atoms in total. The Labute approximate surface area is 236 Å². The highest BCUT2D eigenvalue weighted by atomic mass is 16.5. The molecule has 1 aliphatic carbocycles. The summed E-state index contributed by atoms with van der Waals surface area (Å²) in [6.07, 6.45) is 2.85. The first-order valence-corrected chi connectivity index (χ1v) is 13.9. The fraction of sp³-hybridized carbons (Fsp3) is 0.147. The first-order chi connectivity index (χ1) is 20.1. The van der Waals surface area contributed by atoms with Gasteiger partial charge in [-0.15, -0.1) is 0 Å². The zero-order valence-electron chi connectivity index (χ0n) is 22.3. The molecule has 41 heavy (non-hydrogen) atoms. The molecule has 1 aromatic heterocycles. The Morgan fingerprint density at radius 3 is 2.17 bits per heavy atom. The van der Waals surface area contributed by atoms with Gasteiger partial charge in [0.05, 0.1) is 16.8 Å². The Hall–Kier alpha value is -5.17. The predicted molar refractivity (Wildman–Crippen MR) is 159 cm³/mol. The van der Waals surface area contributed by atoms with Crippen LogP contribution in [0, 0.1) is 0 Å². The molecule has 7 rings (SSSR count). The zero-order valence-corrected chi connectivity index (χ0v) is 22.3. The molecule has 0 atom stereocenters. The second kappa shape index (κ2) is 10.1. The Balaban J connectivity index is 1.56. The maximum absolute atomic E-state index is 14.2. The molecule has 1 saturated heterocycles. The first kappa shape index (κ1) is 24.8. The monoisotopic (exact) mass is 541 g/mol. The van der Waals surface area contributed by atoms with Crippen molar-refractivity contribution in [2.24, 2.45) is 0 Å². The minimum absolute atomic E-state index is 0.0584. The van der Waals surface area contributed by atoms with Crippen LogP contribution >= 0.6 is 0 Å². The Morgan fingerprint density at radius 1 is 0.780 bits per heavy atom. The van der Waals surface area contributed by atoms with Crippen molar-refractivity contribution >= 4 is 34.0 Å². The minimum atomic E-state index is -0.500. The normalized spacial score (nSPS) is 14.0. The van der Waals surface area contributed by atoms with E-state index >= 15 is 0 Å². The molecule has 7 heteroatoms. The highest BCUT2D eigenvalue weighted by Gasteiger charge is 2.35. The summed E-state index contributed by atoms with van der Waals surface area (Å²) in [6, 6.07) is 27.8. The van der Waals surface area contributed by atoms with Crippen LogP contribution in [0.2, 0.25) is 0 Å². The highest BCUT2D eigenvalue weighted by Crippen LogP contribution is 2.47. The number of aromatic amines is 1. The quantitative estimate of drug-likeness (QED) is 0.248. The number of nitrogens with one attached hydrogen (secondary N) is 2. The maximum atomic E-state index is 14.2. The van der Waals surface area contributed by atoms with Gasteiger partial charge in [0.25, 0.3) is 11.5 Å². The molecule has 4 aromatic carbocycles. The number of H-pyrrole nitrogens is 1. The molecule has 0 bridgehead atoms. The van der Waals surface area contributed by atoms with Crippen LogP contribution < -0.4 is 15.6 Å². The molecular weight excluding hydrogens is 514 g/mol. The van der Waals surface area contributed by atoms with Crippen LogP contribution in [0.25, 0.3) is 22.0 Å². The van der Waals surface area contributed by atoms with Crippen molar-refractivity contribution in [2.45, 2.75) is 19.3 Å². The van der Waals surface area contributed by atoms with Crippen molar-refractivity contribution in [3.63, 3.8) is 0 Å². The number of anilines is 2. The average Bonchev–Trinajstić information content (AvgIpc) is 3.01. The van der Waals surface area contributed by atoms with Gasteiger partial charge in [-0.05, 0) is 49.1 Å². The number of ketones is 1. The predicted octanol–water partition coefficient (Wildman–Crippen LogP) is 6.90. The lowest BCUT2D eigenvalue weighted by molar-refractivity contribution is 0.0723. The molecule has 2 aliphatic rings. The number of ether oxygens (including phenoxy) is 1. The number of aromatic nitrogens is 1. The number of benzene rings is 4. The van der Waals surface area contributed by atoms with Crippen molar-refractivity contribution < 1.29 is 14.3 Å². The molecule has 5 aromatic rings. The Bertz CT molecular complexity index is 1870. The number of hydrogen-bond donors (Lipinski definition) is 2. The van der Waals surface area contributed by atoms with Gasteiger partial charge in [0.15, 0.2) is 11.5 Å². The average molecular weight is 542 g/mol. The van der Waals surface area contributed by atoms with E-state index in [1.807, 2.05) is 72.8 Å². The van der Waals surface area contributed by atoms with Crippen LogP contribution in [-0.2, 0) is 0 Å². The van der Waals surface area contributed by atoms with Gasteiger partial charge in [-0.1, -0.05) is 60.7 Å². The van der Waals surface area contributed by atoms with Gasteiger partial charge < -0.3 is 19.9 Å². The third-order valence-electron chi connectivity index (χ3n) is 7.81. The summed E-state index contributed by atoms with van der Waals surface area (Å²) >= 11 is 0. The number of carbonyl (C=O) groups excluding carboxylic acids is 2. The van der Waals surface area contributed by atoms with E-state index in [9.17, 15) is 14.4 Å². The van der Waals surface area contributed by atoms with Crippen LogP contribution in [0.4, 0.5) is 11.4 Å². The smallest absolute Gasteiger partial charge is 0.262 e. The van der Waals surface area contributed by atoms with Crippen molar-refractivity contribution in [1.82, 2.24) is 9.88 Å². The SMILES string of the molecule is O=C1c2ccccc2-c2c(C(=O)N3CCCCC3)c(=O)[nH]c3c(Oc4ccccc4)cc(Nc4ccccc4)c1c23. The van der Waals surface area contributed by atoms with E-state index in [1.54, 1.807) is 23.1 Å². The number of piperidine rings is 1. The lowest BCUT2D eigenvalue weighted by Gasteiger charge is -2.29. The number of pyridine rings is 1. The van der Waals surface area contributed by atoms with E-state index in [0.29, 0.717) is 63.4 Å². The number of fused-ring (bicyclic) bond motifs is 2. The van der Waals surface area contributed by atoms with Crippen molar-refractivity contribution in [3.05, 3.63) is 118 Å². The number of rotatable bonds is 5. The summed E-state index contributed by atoms with van der Waals surface area (Å²) in [4.78, 5) is 46.7. The maximum Gasteiger partial charge on any atom is 0.262 e. The summed E-state index contributed by atoms with van der Waals surface area (Å²) < 4.78 is 6.33. The molecule has 0 unspecified atom stereocenters. The second-order valence-corrected chi connectivity index (χ2v) is 10.4. The van der Waals surface area contributed by atoms with Gasteiger partial charge >= 0.3 is 0 Å². The van der Waals surface area contributed by atoms with Crippen LogP contribution in [0.15, 0.2) is 95.8 Å². The van der Waals surface area contributed by atoms with Gasteiger partial charge in [-0.2, -0.15) is 0 Å². The topological polar surface area (TPSA) is 91.5 Å². The van der Waals surface area contributed by atoms with E-state index in [2.05, 4.69) is 10.3 Å². The van der Waals surface area contributed by atoms with Gasteiger partial charge in [-0.3, -0.25) is 14.4 Å². The molecule has 0 saturated carbocycles. The molecule has 1 amide bonds. The van der Waals surface area contributed by atoms with E-state index in [4.69, 9.17) is 4.74 Å². The van der Waals surface area contributed by atoms with Gasteiger partial charge in [0, 0.05) is 41.4 Å². The van der Waals surface area contributed by atoms with Crippen LogP contribution in [0.3, 0.4) is 0 Å². The summed E-state index contributed by atoms with van der Waals surface area (Å²) in [5, 5.41) is 3.90. The minimum Gasteiger partial charge on any atom is -0.455 e. The molecule has 2 N–H and O–H groups in total. The molecule has 0 spiro atoms. The molecule has 2 heterocycles. The third-order valence-corrected chi connectivity index (χ3v) is 7.81. The number of para-hydroxylation sites is 2. The van der Waals surface area contributed by atoms with E-state index in [-0.39, 0.29) is 17.3 Å². The lowest BCUT2D eigenvalue weighted by atomic mass is 9.81. The van der Waals surface area contributed by atoms with E-state index in [1.165, 1.54) is 0 Å². The zero-order chi connectivity index (χ0) is 27.9. The van der Waals surface area contributed by atoms with Crippen molar-refractivity contribution in [2.75, 3.05) is 18.4 Å². The number of hydrogen-bond acceptors (Lipinski definition) is 5. The van der Waals surface area contributed by atoms with E-state index < -0.39 is 5.56 Å². The first-order valence-electron chi connectivity index (χ1n) is 13.9. The highest BCUT2D eigenvalue weighted by molar-refractivity contribution is 6.30. The summed E-state index contributed by atoms with van der Waals surface area (Å²) in [6.45, 7) is 1.20. The molecular formula is C34H27N3O4. The molecule has 1 aliphatic heterocycles. The molecule has 0 radical (unpaired) electrons. The summed E-state index contributed by atoms with van der Waals surface area (Å²) in [7, 11) is 0. The van der Waals surface area contributed by atoms with Gasteiger partial charge in [-0.25, -0.2) is 0 Å². The van der Waals surface area contributed by atoms with Crippen molar-refractivity contribution in [1.29, 1.82) is 0 Å². The number of carbonyl (C=O) groups is 2. The standard InChI is InChI=1S/C34H27N3O4/c38-32-24-17-9-8-16-23(24)27-29-28(32)25(35-21-12-4-1-5-13-21)20-26(41-22-14-6-2-7-15-22)31(29)36-33(39)30(27)34(40)37-18-10-3-11-19-37/h1-2,4-9,12-17,20,35H,3,10-11,18-19H2,(H,36,39). The lowest BCUT2D eigenvalue weighted by Crippen LogP contribution is -2.39. The third kappa shape index (κ3) is 4.26. The van der Waals surface area contributed by atoms with E-state index in [0.717, 1.165) is 24.9 Å². The second-order valence-electron chi connectivity index (χ2n) is 10.4. The summed E-state index contributed by atoms with van der Waals surface area (Å²) in [5.41, 5.74) is 3.13. The summed E-state index contributed by atoms with van der Waals surface area (Å²) in [5.74, 6) is 0.443. The molecule has 202 valence electrons. The van der Waals surface area contributed by atoms with Gasteiger partial charge in [0.2, 0.25) is 0 Å². The van der Waals surface area contributed by atoms with Crippen molar-refractivity contribution in [3.8, 4) is 22.6 Å². The molecule has 1 fully saturated rings. The largest absolute Gasteiger partial charge is 0.455 e. The number of nitrogens with zero attached hydrogens (tertiary/aromatic N) is 1. The fourth-order valence-corrected chi connectivity index (χ4v) is 5.92. The number of amides is 1. The Morgan fingerprint density at radius 2 is 1.44 bits per heavy atom. The number of likely N-dealkylation sites (tertiary alicyclic amines) is 1. The fourth-order valence-electron chi connectivity index (χ4n) is 5.92. The van der Waals surface area contributed by atoms with Gasteiger partial charge in [0.1, 0.15) is 11.3 Å². The van der Waals surface area contributed by atoms with Crippen LogP contribution in [0.1, 0.15) is 45.5 Å². The Kier molecular flexibility index (Phi) is 6.12. The van der Waals surface area contributed by atoms with Crippen LogP contribution in [-0.4, -0.2) is 34.7 Å². The van der Waals surface area contributed by atoms with Crippen LogP contribution in [0.5, 0.6) is 11.5 Å².